The van der Waals surface area contributed by atoms with Crippen LogP contribution in [0, 0.1) is 0 Å². The van der Waals surface area contributed by atoms with Crippen molar-refractivity contribution in [1.82, 2.24) is 24.9 Å². The highest BCUT2D eigenvalue weighted by Gasteiger charge is 2.49. The van der Waals surface area contributed by atoms with E-state index in [0.29, 0.717) is 39.6 Å². The minimum Gasteiger partial charge on any atom is -0.326 e. The largest absolute Gasteiger partial charge is 0.326 e. The Kier molecular flexibility index (Phi) is 10.3. The predicted molar refractivity (Wildman–Crippen MR) is 169 cm³/mol. The first-order valence-electron chi connectivity index (χ1n) is 14.4. The van der Waals surface area contributed by atoms with Crippen LogP contribution in [-0.2, 0) is 26.4 Å². The number of carbonyl (C=O) groups is 2. The Bertz CT molecular complexity index is 1610. The van der Waals surface area contributed by atoms with Gasteiger partial charge in [-0.2, -0.15) is 12.7 Å². The molecule has 3 N–H and O–H groups in total. The summed E-state index contributed by atoms with van der Waals surface area (Å²) in [7, 11) is -0.945. The third-order valence-electron chi connectivity index (χ3n) is 8.14. The van der Waals surface area contributed by atoms with E-state index in [4.69, 9.17) is 28.0 Å². The lowest BCUT2D eigenvalue weighted by molar-refractivity contribution is -0.138. The second kappa shape index (κ2) is 13.9. The van der Waals surface area contributed by atoms with Crippen LogP contribution in [0.15, 0.2) is 72.8 Å². The molecule has 0 saturated heterocycles. The van der Waals surface area contributed by atoms with Gasteiger partial charge in [-0.25, -0.2) is 10.9 Å². The Labute approximate surface area is 267 Å². The summed E-state index contributed by atoms with van der Waals surface area (Å²) in [4.78, 5) is 38.3. The van der Waals surface area contributed by atoms with Crippen LogP contribution in [0.25, 0.3) is 0 Å². The van der Waals surface area contributed by atoms with Crippen molar-refractivity contribution in [3.63, 3.8) is 0 Å². The minimum atomic E-state index is -3.80. The molecule has 0 bridgehead atoms. The number of fused-ring (bicyclic) bond motifs is 1. The molecule has 0 aromatic heterocycles. The number of rotatable bonds is 10. The van der Waals surface area contributed by atoms with Crippen LogP contribution < -0.4 is 15.7 Å². The molecule has 44 heavy (non-hydrogen) atoms. The molecule has 0 spiro atoms. The van der Waals surface area contributed by atoms with Crippen molar-refractivity contribution < 1.29 is 22.8 Å². The third kappa shape index (κ3) is 6.94. The van der Waals surface area contributed by atoms with E-state index < -0.39 is 40.2 Å². The number of hydrazine groups is 1. The lowest BCUT2D eigenvalue weighted by atomic mass is 9.76. The maximum Gasteiger partial charge on any atom is 0.291 e. The number of nitrogens with one attached hydrogen (secondary N) is 3. The molecule has 10 nitrogen and oxygen atoms in total. The number of benzene rings is 3. The summed E-state index contributed by atoms with van der Waals surface area (Å²) in [6.45, 7) is 0.149. The number of hydrogen-bond acceptors (Lipinski definition) is 6. The molecule has 3 aromatic rings. The molecule has 1 fully saturated rings. The smallest absolute Gasteiger partial charge is 0.291 e. The first kappa shape index (κ1) is 32.4. The second-order valence-corrected chi connectivity index (χ2v) is 13.8. The summed E-state index contributed by atoms with van der Waals surface area (Å²) < 4.78 is 26.2. The van der Waals surface area contributed by atoms with Crippen molar-refractivity contribution in [2.75, 3.05) is 14.1 Å². The Morgan fingerprint density at radius 1 is 0.977 bits per heavy atom. The number of hydrogen-bond donors (Lipinski definition) is 3. The molecule has 2 aliphatic rings. The molecule has 1 heterocycles. The van der Waals surface area contributed by atoms with Crippen LogP contribution in [0.5, 0.6) is 0 Å². The summed E-state index contributed by atoms with van der Waals surface area (Å²) in [6.07, 6.45) is 2.83. The second-order valence-electron chi connectivity index (χ2n) is 11.1. The van der Waals surface area contributed by atoms with E-state index in [1.54, 1.807) is 47.4 Å². The predicted octanol–water partition coefficient (Wildman–Crippen LogP) is 4.73. The zero-order valence-electron chi connectivity index (χ0n) is 24.4. The molecule has 234 valence electrons. The van der Waals surface area contributed by atoms with Gasteiger partial charge >= 0.3 is 0 Å². The summed E-state index contributed by atoms with van der Waals surface area (Å²) >= 11 is 13.1. The monoisotopic (exact) mass is 659 g/mol. The lowest BCUT2D eigenvalue weighted by Gasteiger charge is -2.49. The summed E-state index contributed by atoms with van der Waals surface area (Å²) in [5.74, 6) is -1.63. The maximum atomic E-state index is 14.4. The van der Waals surface area contributed by atoms with Crippen molar-refractivity contribution in [1.29, 1.82) is 0 Å². The van der Waals surface area contributed by atoms with Crippen LogP contribution in [0.4, 0.5) is 0 Å². The van der Waals surface area contributed by atoms with E-state index in [-0.39, 0.29) is 12.5 Å². The van der Waals surface area contributed by atoms with E-state index in [1.807, 2.05) is 30.3 Å². The summed E-state index contributed by atoms with van der Waals surface area (Å²) in [6, 6.07) is 19.7. The summed E-state index contributed by atoms with van der Waals surface area (Å²) in [5.41, 5.74) is 7.94. The van der Waals surface area contributed by atoms with Gasteiger partial charge in [-0.05, 0) is 47.7 Å². The minimum absolute atomic E-state index is 0.149. The third-order valence-corrected chi connectivity index (χ3v) is 10.0. The van der Waals surface area contributed by atoms with Gasteiger partial charge < -0.3 is 4.90 Å². The van der Waals surface area contributed by atoms with E-state index in [0.717, 1.165) is 22.7 Å². The van der Waals surface area contributed by atoms with Gasteiger partial charge in [0.15, 0.2) is 0 Å². The molecule has 4 unspecified atom stereocenters. The number of carbonyl (C=O) groups excluding carboxylic acids is 2. The van der Waals surface area contributed by atoms with Gasteiger partial charge in [-0.3, -0.25) is 14.4 Å². The maximum absolute atomic E-state index is 14.4. The van der Waals surface area contributed by atoms with Crippen LogP contribution in [0.1, 0.15) is 64.7 Å². The van der Waals surface area contributed by atoms with Crippen LogP contribution in [0.3, 0.4) is 0 Å². The van der Waals surface area contributed by atoms with Crippen LogP contribution >= 0.6 is 23.2 Å². The molecule has 1 aliphatic heterocycles. The molecule has 2 amide bonds. The first-order valence-corrected chi connectivity index (χ1v) is 16.5. The first-order chi connectivity index (χ1) is 21.1. The van der Waals surface area contributed by atoms with Gasteiger partial charge in [0.25, 0.3) is 22.0 Å². The van der Waals surface area contributed by atoms with E-state index >= 15 is 0 Å². The van der Waals surface area contributed by atoms with Crippen molar-refractivity contribution >= 4 is 45.2 Å². The molecule has 1 aliphatic carbocycles. The quantitative estimate of drug-likeness (QED) is 0.271. The highest BCUT2D eigenvalue weighted by molar-refractivity contribution is 7.87. The molecule has 4 atom stereocenters. The van der Waals surface area contributed by atoms with Gasteiger partial charge in [0.1, 0.15) is 0 Å². The van der Waals surface area contributed by atoms with E-state index in [9.17, 15) is 18.0 Å². The Hall–Kier alpha value is -3.03. The highest BCUT2D eigenvalue weighted by atomic mass is 35.5. The van der Waals surface area contributed by atoms with Crippen LogP contribution in [0.2, 0.25) is 10.0 Å². The van der Waals surface area contributed by atoms with E-state index in [1.165, 1.54) is 14.1 Å². The number of hydroxylamine groups is 1. The van der Waals surface area contributed by atoms with E-state index in [2.05, 4.69) is 15.7 Å². The Morgan fingerprint density at radius 2 is 1.68 bits per heavy atom. The number of halogens is 2. The molecule has 1 saturated carbocycles. The fourth-order valence-electron chi connectivity index (χ4n) is 5.95. The van der Waals surface area contributed by atoms with Gasteiger partial charge in [-0.15, -0.1) is 4.83 Å². The molecule has 3 aromatic carbocycles. The topological polar surface area (TPSA) is 120 Å². The molecule has 5 rings (SSSR count). The fraction of sp³-hybridized carbons (Fsp3) is 0.355. The Morgan fingerprint density at radius 3 is 2.41 bits per heavy atom. The number of nitrogens with zero attached hydrogens (tertiary/aromatic N) is 2. The van der Waals surface area contributed by atoms with Gasteiger partial charge in [0.05, 0.1) is 18.6 Å². The lowest BCUT2D eigenvalue weighted by Crippen LogP contribution is -2.61. The molecular weight excluding hydrogens is 625 g/mol. The van der Waals surface area contributed by atoms with Crippen LogP contribution in [-0.4, -0.2) is 55.6 Å². The van der Waals surface area contributed by atoms with Gasteiger partial charge in [0.2, 0.25) is 0 Å². The van der Waals surface area contributed by atoms with Gasteiger partial charge in [0, 0.05) is 41.8 Å². The normalized spacial score (nSPS) is 22.1. The summed E-state index contributed by atoms with van der Waals surface area (Å²) in [5, 5.41) is 0.714. The van der Waals surface area contributed by atoms with Gasteiger partial charge in [-0.1, -0.05) is 90.6 Å². The highest BCUT2D eigenvalue weighted by Crippen LogP contribution is 2.47. The van der Waals surface area contributed by atoms with Crippen molar-refractivity contribution in [3.8, 4) is 0 Å². The standard InChI is InChI=1S/C31H35Cl2N5O5S/c1-37(2)44(41,42)36-34-26-14-8-9-15-27(26)38-29(24-17-16-21(32)18-25(24)33)28(22-12-6-7-13-23(22)31(38)40)30(39)35-43-19-20-10-4-3-5-11-20/h3-7,10-13,16-18,26-29,34,36H,8-9,14-15,19H2,1-2H3,(H,35,39). The number of amides is 2. The molecule has 0 radical (unpaired) electrons. The van der Waals surface area contributed by atoms with Crippen molar-refractivity contribution in [3.05, 3.63) is 105 Å². The zero-order valence-corrected chi connectivity index (χ0v) is 26.7. The average Bonchev–Trinajstić information content (AvgIpc) is 3.01. The van der Waals surface area contributed by atoms with Crippen molar-refractivity contribution in [2.24, 2.45) is 0 Å². The fourth-order valence-corrected chi connectivity index (χ4v) is 6.96. The average molecular weight is 661 g/mol. The molecule has 13 heteroatoms. The SMILES string of the molecule is CN(C)S(=O)(=O)NNC1CCCCC1N1C(=O)c2ccccc2C(C(=O)NOCc2ccccc2)C1c1ccc(Cl)cc1Cl. The zero-order chi connectivity index (χ0) is 31.4. The molecular formula is C31H35Cl2N5O5S. The van der Waals surface area contributed by atoms with Crippen molar-refractivity contribution in [2.45, 2.75) is 56.3 Å². The Balaban J connectivity index is 1.57.